The van der Waals surface area contributed by atoms with Gasteiger partial charge < -0.3 is 15.0 Å². The predicted octanol–water partition coefficient (Wildman–Crippen LogP) is 4.65. The quantitative estimate of drug-likeness (QED) is 0.621. The second-order valence-corrected chi connectivity index (χ2v) is 8.28. The first kappa shape index (κ1) is 20.4. The first-order valence-electron chi connectivity index (χ1n) is 10.3. The molecule has 0 bridgehead atoms. The normalized spacial score (nSPS) is 14.7. The molecule has 4 nitrogen and oxygen atoms in total. The van der Waals surface area contributed by atoms with Gasteiger partial charge in [0.15, 0.2) is 11.6 Å². The van der Waals surface area contributed by atoms with Gasteiger partial charge in [-0.3, -0.25) is 4.79 Å². The highest BCUT2D eigenvalue weighted by atomic mass is 19.1. The van der Waals surface area contributed by atoms with Crippen molar-refractivity contribution in [3.05, 3.63) is 77.1 Å². The summed E-state index contributed by atoms with van der Waals surface area (Å²) in [6.45, 7) is 2.77. The zero-order valence-corrected chi connectivity index (χ0v) is 17.7. The Hall–Kier alpha value is -2.92. The summed E-state index contributed by atoms with van der Waals surface area (Å²) < 4.78 is 20.7. The van der Waals surface area contributed by atoms with Crippen molar-refractivity contribution >= 4 is 16.7 Å². The van der Waals surface area contributed by atoms with Gasteiger partial charge in [-0.05, 0) is 61.8 Å². The zero-order chi connectivity index (χ0) is 21.3. The maximum Gasteiger partial charge on any atom is 0.255 e. The van der Waals surface area contributed by atoms with Crippen LogP contribution in [0, 0.1) is 12.7 Å². The number of hydrogen-bond donors (Lipinski definition) is 1. The molecule has 1 N–H and O–H groups in total. The lowest BCUT2D eigenvalue weighted by Crippen LogP contribution is -2.36. The van der Waals surface area contributed by atoms with E-state index in [4.69, 9.17) is 4.74 Å². The van der Waals surface area contributed by atoms with Gasteiger partial charge in [0.2, 0.25) is 0 Å². The lowest BCUT2D eigenvalue weighted by atomic mass is 9.96. The number of carbonyl (C=O) groups excluding carboxylic acids is 1. The van der Waals surface area contributed by atoms with E-state index in [-0.39, 0.29) is 11.3 Å². The molecular formula is C25H27FN2O2. The number of aryl methyl sites for hydroxylation is 1. The maximum absolute atomic E-state index is 15.2. The van der Waals surface area contributed by atoms with Crippen molar-refractivity contribution in [2.45, 2.75) is 25.3 Å². The van der Waals surface area contributed by atoms with Gasteiger partial charge in [-0.1, -0.05) is 48.5 Å². The molecule has 1 aliphatic carbocycles. The van der Waals surface area contributed by atoms with Crippen molar-refractivity contribution < 1.29 is 13.9 Å². The molecule has 1 aliphatic rings. The van der Waals surface area contributed by atoms with Crippen LogP contribution in [0.4, 0.5) is 4.39 Å². The highest BCUT2D eigenvalue weighted by Gasteiger charge is 2.47. The molecule has 0 saturated heterocycles. The Bertz CT molecular complexity index is 1080. The molecule has 0 unspecified atom stereocenters. The lowest BCUT2D eigenvalue weighted by molar-refractivity contribution is 0.0925. The zero-order valence-electron chi connectivity index (χ0n) is 17.7. The van der Waals surface area contributed by atoms with E-state index in [2.05, 4.69) is 29.6 Å². The number of nitrogens with one attached hydrogen (secondary N) is 1. The van der Waals surface area contributed by atoms with Crippen LogP contribution >= 0.6 is 0 Å². The maximum atomic E-state index is 15.2. The topological polar surface area (TPSA) is 41.6 Å². The lowest BCUT2D eigenvalue weighted by Gasteiger charge is -2.21. The van der Waals surface area contributed by atoms with Gasteiger partial charge in [-0.15, -0.1) is 0 Å². The van der Waals surface area contributed by atoms with E-state index < -0.39 is 17.3 Å². The molecule has 30 heavy (non-hydrogen) atoms. The molecule has 0 atom stereocenters. The second-order valence-electron chi connectivity index (χ2n) is 8.28. The Morgan fingerprint density at radius 3 is 2.57 bits per heavy atom. The number of rotatable bonds is 7. The third-order valence-corrected chi connectivity index (χ3v) is 5.75. The number of nitrogens with zero attached hydrogens (tertiary/aromatic N) is 1. The van der Waals surface area contributed by atoms with Gasteiger partial charge in [0, 0.05) is 6.54 Å². The van der Waals surface area contributed by atoms with Crippen LogP contribution in [0.5, 0.6) is 5.75 Å². The van der Waals surface area contributed by atoms with Crippen LogP contribution in [0.2, 0.25) is 0 Å². The molecule has 1 fully saturated rings. The highest BCUT2D eigenvalue weighted by molar-refractivity contribution is 5.98. The summed E-state index contributed by atoms with van der Waals surface area (Å²) in [5.41, 5.74) is 1.30. The predicted molar refractivity (Wildman–Crippen MR) is 118 cm³/mol. The van der Waals surface area contributed by atoms with Crippen molar-refractivity contribution in [3.8, 4) is 5.75 Å². The minimum Gasteiger partial charge on any atom is -0.489 e. The molecule has 0 radical (unpaired) electrons. The van der Waals surface area contributed by atoms with Crippen LogP contribution < -0.4 is 10.1 Å². The van der Waals surface area contributed by atoms with Crippen LogP contribution in [0.3, 0.4) is 0 Å². The molecule has 0 aliphatic heterocycles. The van der Waals surface area contributed by atoms with Crippen molar-refractivity contribution in [2.24, 2.45) is 0 Å². The fraction of sp³-hybridized carbons (Fsp3) is 0.320. The molecule has 5 heteroatoms. The number of fused-ring (bicyclic) bond motifs is 1. The molecule has 0 heterocycles. The molecule has 3 aromatic carbocycles. The van der Waals surface area contributed by atoms with Crippen LogP contribution in [-0.4, -0.2) is 38.1 Å². The summed E-state index contributed by atoms with van der Waals surface area (Å²) in [5, 5.41) is 5.39. The fourth-order valence-corrected chi connectivity index (χ4v) is 3.89. The van der Waals surface area contributed by atoms with E-state index in [1.807, 2.05) is 37.2 Å². The van der Waals surface area contributed by atoms with E-state index in [0.717, 1.165) is 29.2 Å². The number of halogens is 1. The van der Waals surface area contributed by atoms with E-state index >= 15 is 4.39 Å². The van der Waals surface area contributed by atoms with E-state index in [1.165, 1.54) is 0 Å². The van der Waals surface area contributed by atoms with Gasteiger partial charge in [0.1, 0.15) is 6.61 Å². The van der Waals surface area contributed by atoms with E-state index in [0.29, 0.717) is 18.7 Å². The summed E-state index contributed by atoms with van der Waals surface area (Å²) in [7, 11) is 3.85. The average Bonchev–Trinajstić information content (AvgIpc) is 3.49. The number of benzene rings is 3. The third-order valence-electron chi connectivity index (χ3n) is 5.75. The monoisotopic (exact) mass is 406 g/mol. The van der Waals surface area contributed by atoms with Gasteiger partial charge in [0.25, 0.3) is 5.91 Å². The van der Waals surface area contributed by atoms with Crippen molar-refractivity contribution in [3.63, 3.8) is 0 Å². The van der Waals surface area contributed by atoms with E-state index in [1.54, 1.807) is 19.1 Å². The summed E-state index contributed by atoms with van der Waals surface area (Å²) in [4.78, 5) is 15.1. The average molecular weight is 407 g/mol. The van der Waals surface area contributed by atoms with Crippen LogP contribution in [0.1, 0.15) is 34.3 Å². The van der Waals surface area contributed by atoms with E-state index in [9.17, 15) is 4.79 Å². The minimum absolute atomic E-state index is 0.0591. The Morgan fingerprint density at radius 2 is 1.83 bits per heavy atom. The Morgan fingerprint density at radius 1 is 1.10 bits per heavy atom. The number of carbonyl (C=O) groups is 1. The molecule has 1 amide bonds. The number of ether oxygens (including phenoxy) is 1. The van der Waals surface area contributed by atoms with Crippen LogP contribution in [-0.2, 0) is 5.54 Å². The summed E-state index contributed by atoms with van der Waals surface area (Å²) >= 11 is 0. The first-order valence-corrected chi connectivity index (χ1v) is 10.3. The van der Waals surface area contributed by atoms with Gasteiger partial charge in [-0.2, -0.15) is 0 Å². The van der Waals surface area contributed by atoms with Crippen LogP contribution in [0.25, 0.3) is 10.8 Å². The standard InChI is InChI=1S/C25H27FN2O2/c1-17-11-12-21(30-16-15-28(2)3)23(26)22(17)24(29)27-25(13-14-25)20-10-6-8-18-7-4-5-9-19(18)20/h4-12H,13-16H2,1-3H3,(H,27,29). The smallest absolute Gasteiger partial charge is 0.255 e. The molecule has 1 saturated carbocycles. The van der Waals surface area contributed by atoms with Crippen LogP contribution in [0.15, 0.2) is 54.6 Å². The van der Waals surface area contributed by atoms with Crippen molar-refractivity contribution in [1.82, 2.24) is 10.2 Å². The Kier molecular flexibility index (Phi) is 5.48. The molecule has 156 valence electrons. The number of likely N-dealkylation sites (N-methyl/N-ethyl adjacent to an activating group) is 1. The first-order chi connectivity index (χ1) is 14.4. The number of hydrogen-bond acceptors (Lipinski definition) is 3. The third kappa shape index (κ3) is 3.90. The largest absolute Gasteiger partial charge is 0.489 e. The molecule has 0 aromatic heterocycles. The summed E-state index contributed by atoms with van der Waals surface area (Å²) in [6.07, 6.45) is 1.68. The van der Waals surface area contributed by atoms with Crippen molar-refractivity contribution in [2.75, 3.05) is 27.2 Å². The SMILES string of the molecule is Cc1ccc(OCCN(C)C)c(F)c1C(=O)NC1(c2cccc3ccccc23)CC1. The van der Waals surface area contributed by atoms with Gasteiger partial charge in [0.05, 0.1) is 11.1 Å². The Labute approximate surface area is 176 Å². The summed E-state index contributed by atoms with van der Waals surface area (Å²) in [6, 6.07) is 17.6. The number of amides is 1. The molecular weight excluding hydrogens is 379 g/mol. The van der Waals surface area contributed by atoms with Gasteiger partial charge >= 0.3 is 0 Å². The summed E-state index contributed by atoms with van der Waals surface area (Å²) in [5.74, 6) is -0.879. The van der Waals surface area contributed by atoms with Gasteiger partial charge in [-0.25, -0.2) is 4.39 Å². The second kappa shape index (κ2) is 8.07. The highest BCUT2D eigenvalue weighted by Crippen LogP contribution is 2.48. The Balaban J connectivity index is 1.61. The fourth-order valence-electron chi connectivity index (χ4n) is 3.89. The molecule has 3 aromatic rings. The van der Waals surface area contributed by atoms with Crippen molar-refractivity contribution in [1.29, 1.82) is 0 Å². The molecule has 4 rings (SSSR count). The molecule has 0 spiro atoms. The minimum atomic E-state index is -0.597.